The lowest BCUT2D eigenvalue weighted by Gasteiger charge is -2.01. The molecule has 3 rings (SSSR count). The molecular weight excluding hydrogens is 224 g/mol. The van der Waals surface area contributed by atoms with E-state index in [1.165, 1.54) is 0 Å². The molecule has 0 aliphatic carbocycles. The predicted octanol–water partition coefficient (Wildman–Crippen LogP) is 3.12. The number of nitrogens with zero attached hydrogens (tertiary/aromatic N) is 1. The number of para-hydroxylation sites is 2. The third-order valence-corrected chi connectivity index (χ3v) is 2.97. The molecule has 3 nitrogen and oxygen atoms in total. The Labute approximate surface area is 105 Å². The summed E-state index contributed by atoms with van der Waals surface area (Å²) >= 11 is 0. The van der Waals surface area contributed by atoms with Gasteiger partial charge in [-0.25, -0.2) is 0 Å². The van der Waals surface area contributed by atoms with Crippen molar-refractivity contribution in [3.8, 4) is 0 Å². The zero-order valence-electron chi connectivity index (χ0n) is 9.71. The molecule has 1 heterocycles. The van der Waals surface area contributed by atoms with Crippen LogP contribution in [-0.4, -0.2) is 12.1 Å². The third-order valence-electron chi connectivity index (χ3n) is 2.97. The topological polar surface area (TPSA) is 41.5 Å². The van der Waals surface area contributed by atoms with Crippen molar-refractivity contribution < 1.29 is 4.79 Å². The van der Waals surface area contributed by atoms with Crippen molar-refractivity contribution in [1.82, 2.24) is 0 Å². The summed E-state index contributed by atoms with van der Waals surface area (Å²) in [5.74, 6) is -0.308. The lowest BCUT2D eigenvalue weighted by atomic mass is 10.0. The molecule has 0 saturated carbocycles. The zero-order chi connectivity index (χ0) is 12.4. The van der Waals surface area contributed by atoms with Crippen molar-refractivity contribution in [2.45, 2.75) is 5.92 Å². The van der Waals surface area contributed by atoms with Gasteiger partial charge >= 0.3 is 0 Å². The Bertz CT molecular complexity index is 605. The number of fused-ring (bicyclic) bond motifs is 1. The van der Waals surface area contributed by atoms with Gasteiger partial charge in [-0.1, -0.05) is 36.4 Å². The average molecular weight is 236 g/mol. The largest absolute Gasteiger partial charge is 0.325 e. The van der Waals surface area contributed by atoms with Crippen LogP contribution in [0, 0.1) is 0 Å². The predicted molar refractivity (Wildman–Crippen MR) is 72.4 cm³/mol. The minimum absolute atomic E-state index is 0.0177. The molecule has 1 amide bonds. The van der Waals surface area contributed by atoms with Gasteiger partial charge in [-0.2, -0.15) is 0 Å². The highest BCUT2D eigenvalue weighted by atomic mass is 16.2. The van der Waals surface area contributed by atoms with Gasteiger partial charge in [0.15, 0.2) is 0 Å². The Hall–Kier alpha value is -2.42. The second kappa shape index (κ2) is 4.45. The number of hydrogen-bond acceptors (Lipinski definition) is 2. The summed E-state index contributed by atoms with van der Waals surface area (Å²) in [5, 5.41) is 2.85. The molecule has 88 valence electrons. The van der Waals surface area contributed by atoms with Crippen molar-refractivity contribution in [2.24, 2.45) is 4.99 Å². The summed E-state index contributed by atoms with van der Waals surface area (Å²) in [5.41, 5.74) is 2.73. The van der Waals surface area contributed by atoms with E-state index >= 15 is 0 Å². The van der Waals surface area contributed by atoms with Crippen molar-refractivity contribution in [1.29, 1.82) is 0 Å². The number of carbonyl (C=O) groups is 1. The minimum Gasteiger partial charge on any atom is -0.325 e. The fourth-order valence-electron chi connectivity index (χ4n) is 2.06. The Morgan fingerprint density at radius 1 is 1.00 bits per heavy atom. The first-order chi connectivity index (χ1) is 8.84. The van der Waals surface area contributed by atoms with Crippen molar-refractivity contribution in [3.05, 3.63) is 60.2 Å². The first-order valence-electron chi connectivity index (χ1n) is 5.83. The molecule has 0 spiro atoms. The maximum Gasteiger partial charge on any atom is 0.237 e. The fraction of sp³-hybridized carbons (Fsp3) is 0.0667. The van der Waals surface area contributed by atoms with E-state index in [-0.39, 0.29) is 11.8 Å². The van der Waals surface area contributed by atoms with E-state index in [9.17, 15) is 4.79 Å². The summed E-state index contributed by atoms with van der Waals surface area (Å²) in [6, 6.07) is 17.3. The first kappa shape index (κ1) is 10.7. The minimum atomic E-state index is -0.290. The molecule has 0 saturated heterocycles. The molecule has 0 bridgehead atoms. The molecule has 0 radical (unpaired) electrons. The Kier molecular flexibility index (Phi) is 2.65. The molecule has 1 atom stereocenters. The molecule has 18 heavy (non-hydrogen) atoms. The monoisotopic (exact) mass is 236 g/mol. The van der Waals surface area contributed by atoms with Crippen molar-refractivity contribution in [3.63, 3.8) is 0 Å². The quantitative estimate of drug-likeness (QED) is 0.800. The Morgan fingerprint density at radius 2 is 1.72 bits per heavy atom. The van der Waals surface area contributed by atoms with E-state index in [0.717, 1.165) is 16.9 Å². The molecule has 2 aromatic carbocycles. The molecule has 1 unspecified atom stereocenters. The second-order valence-corrected chi connectivity index (χ2v) is 4.17. The summed E-state index contributed by atoms with van der Waals surface area (Å²) in [6.07, 6.45) is 1.70. The van der Waals surface area contributed by atoms with Crippen LogP contribution in [0.4, 0.5) is 11.4 Å². The SMILES string of the molecule is O=C1Nc2ccccc2C1C=Nc1ccccc1. The highest BCUT2D eigenvalue weighted by molar-refractivity contribution is 6.12. The number of nitrogens with one attached hydrogen (secondary N) is 1. The molecule has 1 aliphatic rings. The average Bonchev–Trinajstić information content (AvgIpc) is 2.73. The first-order valence-corrected chi connectivity index (χ1v) is 5.83. The molecule has 1 N–H and O–H groups in total. The van der Waals surface area contributed by atoms with E-state index in [1.54, 1.807) is 6.21 Å². The maximum atomic E-state index is 11.9. The normalized spacial score (nSPS) is 17.8. The highest BCUT2D eigenvalue weighted by Crippen LogP contribution is 2.31. The number of amides is 1. The van der Waals surface area contributed by atoms with Crippen LogP contribution in [0.2, 0.25) is 0 Å². The highest BCUT2D eigenvalue weighted by Gasteiger charge is 2.28. The summed E-state index contributed by atoms with van der Waals surface area (Å²) in [6.45, 7) is 0. The standard InChI is InChI=1S/C15H12N2O/c18-15-13(10-16-11-6-2-1-3-7-11)12-8-4-5-9-14(12)17-15/h1-10,13H,(H,17,18). The van der Waals surface area contributed by atoms with Crippen LogP contribution in [0.15, 0.2) is 59.6 Å². The van der Waals surface area contributed by atoms with Gasteiger partial charge in [0.2, 0.25) is 5.91 Å². The summed E-state index contributed by atoms with van der Waals surface area (Å²) in [4.78, 5) is 16.2. The smallest absolute Gasteiger partial charge is 0.237 e. The Balaban J connectivity index is 1.90. The molecule has 0 fully saturated rings. The van der Waals surface area contributed by atoms with Gasteiger partial charge in [-0.15, -0.1) is 0 Å². The van der Waals surface area contributed by atoms with E-state index < -0.39 is 0 Å². The maximum absolute atomic E-state index is 11.9. The number of hydrogen-bond donors (Lipinski definition) is 1. The lowest BCUT2D eigenvalue weighted by Crippen LogP contribution is -2.12. The van der Waals surface area contributed by atoms with Gasteiger partial charge < -0.3 is 5.32 Å². The van der Waals surface area contributed by atoms with Gasteiger partial charge in [0, 0.05) is 11.9 Å². The van der Waals surface area contributed by atoms with Gasteiger partial charge in [-0.05, 0) is 23.8 Å². The van der Waals surface area contributed by atoms with Crippen LogP contribution in [-0.2, 0) is 4.79 Å². The van der Waals surface area contributed by atoms with Gasteiger partial charge in [0.05, 0.1) is 5.69 Å². The number of benzene rings is 2. The van der Waals surface area contributed by atoms with Crippen molar-refractivity contribution in [2.75, 3.05) is 5.32 Å². The van der Waals surface area contributed by atoms with E-state index in [4.69, 9.17) is 0 Å². The van der Waals surface area contributed by atoms with Gasteiger partial charge in [0.1, 0.15) is 5.92 Å². The zero-order valence-corrected chi connectivity index (χ0v) is 9.71. The molecule has 2 aromatic rings. The summed E-state index contributed by atoms with van der Waals surface area (Å²) < 4.78 is 0. The van der Waals surface area contributed by atoms with Crippen LogP contribution in [0.1, 0.15) is 11.5 Å². The van der Waals surface area contributed by atoms with Crippen LogP contribution in [0.5, 0.6) is 0 Å². The summed E-state index contributed by atoms with van der Waals surface area (Å²) in [7, 11) is 0. The lowest BCUT2D eigenvalue weighted by molar-refractivity contribution is -0.115. The number of rotatable bonds is 2. The van der Waals surface area contributed by atoms with Gasteiger partial charge in [0.25, 0.3) is 0 Å². The molecule has 1 aliphatic heterocycles. The van der Waals surface area contributed by atoms with Crippen LogP contribution < -0.4 is 5.32 Å². The molecule has 0 aromatic heterocycles. The van der Waals surface area contributed by atoms with E-state index in [0.29, 0.717) is 0 Å². The fourth-order valence-corrected chi connectivity index (χ4v) is 2.06. The van der Waals surface area contributed by atoms with E-state index in [1.807, 2.05) is 54.6 Å². The van der Waals surface area contributed by atoms with Gasteiger partial charge in [-0.3, -0.25) is 9.79 Å². The molecular formula is C15H12N2O. The van der Waals surface area contributed by atoms with Crippen LogP contribution in [0.25, 0.3) is 0 Å². The molecule has 3 heteroatoms. The number of anilines is 1. The number of carbonyl (C=O) groups excluding carboxylic acids is 1. The second-order valence-electron chi connectivity index (χ2n) is 4.17. The third kappa shape index (κ3) is 1.91. The van der Waals surface area contributed by atoms with Crippen LogP contribution in [0.3, 0.4) is 0 Å². The van der Waals surface area contributed by atoms with E-state index in [2.05, 4.69) is 10.3 Å². The Morgan fingerprint density at radius 3 is 2.56 bits per heavy atom. The van der Waals surface area contributed by atoms with Crippen LogP contribution >= 0.6 is 0 Å². The number of aliphatic imine (C=N–C) groups is 1. The van der Waals surface area contributed by atoms with Crippen molar-refractivity contribution >= 4 is 23.5 Å².